The Balaban J connectivity index is 1.42. The fourth-order valence-electron chi connectivity index (χ4n) is 3.16. The summed E-state index contributed by atoms with van der Waals surface area (Å²) in [6, 6.07) is 23.3. The van der Waals surface area contributed by atoms with Gasteiger partial charge in [-0.25, -0.2) is 0 Å². The Morgan fingerprint density at radius 2 is 1.74 bits per heavy atom. The van der Waals surface area contributed by atoms with Crippen molar-refractivity contribution in [1.29, 1.82) is 0 Å². The van der Waals surface area contributed by atoms with E-state index in [1.807, 2.05) is 83.7 Å². The molecule has 4 aromatic rings. The van der Waals surface area contributed by atoms with Crippen molar-refractivity contribution in [2.45, 2.75) is 37.3 Å². The average molecular weight is 511 g/mol. The minimum atomic E-state index is 0.419. The molecule has 0 unspecified atom stereocenters. The van der Waals surface area contributed by atoms with Gasteiger partial charge in [0, 0.05) is 27.8 Å². The van der Waals surface area contributed by atoms with E-state index in [1.54, 1.807) is 11.8 Å². The molecule has 1 heterocycles. The number of thioether (sulfide) groups is 1. The highest BCUT2D eigenvalue weighted by Gasteiger charge is 2.12. The molecule has 0 spiro atoms. The highest BCUT2D eigenvalue weighted by Crippen LogP contribution is 2.24. The highest BCUT2D eigenvalue weighted by atomic mass is 35.5. The van der Waals surface area contributed by atoms with Gasteiger partial charge in [0.15, 0.2) is 5.82 Å². The standard InChI is InChI=1S/C26H24Cl2N4OS/c1-2-5-25-30-31-26(34-18-20-8-12-22(27)13-9-20)32(25)29-16-19-10-14-23(15-11-19)33-17-21-6-3-4-7-24(21)28/h3-4,6-16H,2,5,17-18H2,1H3/b29-16+. The first-order valence-electron chi connectivity index (χ1n) is 10.9. The van der Waals surface area contributed by atoms with E-state index in [4.69, 9.17) is 27.9 Å². The largest absolute Gasteiger partial charge is 0.489 e. The molecule has 0 saturated carbocycles. The van der Waals surface area contributed by atoms with Gasteiger partial charge < -0.3 is 4.74 Å². The van der Waals surface area contributed by atoms with Crippen molar-refractivity contribution in [3.8, 4) is 5.75 Å². The lowest BCUT2D eigenvalue weighted by Crippen LogP contribution is -2.00. The molecule has 0 atom stereocenters. The Labute approximate surface area is 213 Å². The van der Waals surface area contributed by atoms with E-state index in [1.165, 1.54) is 0 Å². The second-order valence-corrected chi connectivity index (χ2v) is 9.36. The van der Waals surface area contributed by atoms with Crippen molar-refractivity contribution in [3.63, 3.8) is 0 Å². The van der Waals surface area contributed by atoms with Gasteiger partial charge in [0.05, 0.1) is 6.21 Å². The molecule has 0 fully saturated rings. The summed E-state index contributed by atoms with van der Waals surface area (Å²) in [6.45, 7) is 2.53. The number of aryl methyl sites for hydroxylation is 1. The van der Waals surface area contributed by atoms with Crippen molar-refractivity contribution < 1.29 is 4.74 Å². The van der Waals surface area contributed by atoms with Crippen LogP contribution < -0.4 is 4.74 Å². The van der Waals surface area contributed by atoms with Crippen LogP contribution in [0.1, 0.15) is 35.9 Å². The van der Waals surface area contributed by atoms with Gasteiger partial charge in [-0.05, 0) is 60.0 Å². The fourth-order valence-corrected chi connectivity index (χ4v) is 4.34. The predicted octanol–water partition coefficient (Wildman–Crippen LogP) is 7.29. The van der Waals surface area contributed by atoms with E-state index in [2.05, 4.69) is 22.2 Å². The third-order valence-electron chi connectivity index (χ3n) is 4.99. The molecule has 8 heteroatoms. The van der Waals surface area contributed by atoms with Crippen LogP contribution in [-0.4, -0.2) is 21.1 Å². The van der Waals surface area contributed by atoms with Gasteiger partial charge in [-0.15, -0.1) is 10.2 Å². The van der Waals surface area contributed by atoms with Gasteiger partial charge in [0.25, 0.3) is 0 Å². The number of halogens is 2. The first kappa shape index (κ1) is 24.3. The van der Waals surface area contributed by atoms with Crippen LogP contribution >= 0.6 is 35.0 Å². The zero-order chi connectivity index (χ0) is 23.8. The van der Waals surface area contributed by atoms with E-state index in [-0.39, 0.29) is 0 Å². The summed E-state index contributed by atoms with van der Waals surface area (Å²) in [7, 11) is 0. The number of hydrogen-bond acceptors (Lipinski definition) is 5. The minimum Gasteiger partial charge on any atom is -0.489 e. The third-order valence-corrected chi connectivity index (χ3v) is 6.60. The number of ether oxygens (including phenoxy) is 1. The number of hydrogen-bond donors (Lipinski definition) is 0. The van der Waals surface area contributed by atoms with Crippen LogP contribution in [0.3, 0.4) is 0 Å². The fraction of sp³-hybridized carbons (Fsp3) is 0.192. The van der Waals surface area contributed by atoms with Gasteiger partial charge in [-0.3, -0.25) is 0 Å². The molecule has 174 valence electrons. The molecule has 34 heavy (non-hydrogen) atoms. The molecule has 0 aliphatic carbocycles. The summed E-state index contributed by atoms with van der Waals surface area (Å²) < 4.78 is 7.69. The van der Waals surface area contributed by atoms with Crippen LogP contribution in [0.25, 0.3) is 0 Å². The summed E-state index contributed by atoms with van der Waals surface area (Å²) in [5.74, 6) is 2.37. The quantitative estimate of drug-likeness (QED) is 0.166. The summed E-state index contributed by atoms with van der Waals surface area (Å²) in [5, 5.41) is 15.6. The lowest BCUT2D eigenvalue weighted by molar-refractivity contribution is 0.306. The molecular formula is C26H24Cl2N4OS. The van der Waals surface area contributed by atoms with E-state index in [0.29, 0.717) is 11.6 Å². The van der Waals surface area contributed by atoms with Crippen molar-refractivity contribution >= 4 is 41.2 Å². The molecule has 5 nitrogen and oxygen atoms in total. The first-order chi connectivity index (χ1) is 16.6. The van der Waals surface area contributed by atoms with Gasteiger partial charge in [0.1, 0.15) is 12.4 Å². The maximum Gasteiger partial charge on any atom is 0.212 e. The molecular weight excluding hydrogens is 487 g/mol. The van der Waals surface area contributed by atoms with Crippen LogP contribution in [0.5, 0.6) is 5.75 Å². The zero-order valence-electron chi connectivity index (χ0n) is 18.7. The summed E-state index contributed by atoms with van der Waals surface area (Å²) in [4.78, 5) is 0. The Bertz CT molecular complexity index is 1240. The Hall–Kier alpha value is -2.80. The predicted molar refractivity (Wildman–Crippen MR) is 140 cm³/mol. The number of nitrogens with zero attached hydrogens (tertiary/aromatic N) is 4. The third kappa shape index (κ3) is 6.63. The number of benzene rings is 3. The van der Waals surface area contributed by atoms with E-state index in [9.17, 15) is 0 Å². The van der Waals surface area contributed by atoms with Gasteiger partial charge in [-0.1, -0.05) is 72.2 Å². The molecule has 0 radical (unpaired) electrons. The molecule has 0 saturated heterocycles. The topological polar surface area (TPSA) is 52.3 Å². The smallest absolute Gasteiger partial charge is 0.212 e. The highest BCUT2D eigenvalue weighted by molar-refractivity contribution is 7.98. The van der Waals surface area contributed by atoms with Crippen molar-refractivity contribution in [1.82, 2.24) is 14.9 Å². The Morgan fingerprint density at radius 1 is 0.971 bits per heavy atom. The van der Waals surface area contributed by atoms with Crippen LogP contribution in [0.15, 0.2) is 83.1 Å². The van der Waals surface area contributed by atoms with E-state index in [0.717, 1.165) is 57.0 Å². The molecule has 0 aliphatic heterocycles. The molecule has 0 N–H and O–H groups in total. The number of rotatable bonds is 10. The molecule has 0 aliphatic rings. The van der Waals surface area contributed by atoms with Gasteiger partial charge >= 0.3 is 0 Å². The summed E-state index contributed by atoms with van der Waals surface area (Å²) in [5.41, 5.74) is 3.07. The van der Waals surface area contributed by atoms with Crippen molar-refractivity contribution in [2.75, 3.05) is 0 Å². The summed E-state index contributed by atoms with van der Waals surface area (Å²) in [6.07, 6.45) is 3.58. The number of aromatic nitrogens is 3. The molecule has 4 rings (SSSR count). The van der Waals surface area contributed by atoms with Crippen LogP contribution in [-0.2, 0) is 18.8 Å². The Kier molecular flexibility index (Phi) is 8.63. The lowest BCUT2D eigenvalue weighted by atomic mass is 10.2. The van der Waals surface area contributed by atoms with Gasteiger partial charge in [-0.2, -0.15) is 9.78 Å². The van der Waals surface area contributed by atoms with Crippen molar-refractivity contribution in [3.05, 3.63) is 105 Å². The molecule has 3 aromatic carbocycles. The Morgan fingerprint density at radius 3 is 2.47 bits per heavy atom. The lowest BCUT2D eigenvalue weighted by Gasteiger charge is -2.08. The maximum atomic E-state index is 6.20. The van der Waals surface area contributed by atoms with Crippen LogP contribution in [0.2, 0.25) is 10.0 Å². The van der Waals surface area contributed by atoms with E-state index >= 15 is 0 Å². The normalized spacial score (nSPS) is 11.3. The molecule has 0 bridgehead atoms. The van der Waals surface area contributed by atoms with Gasteiger partial charge in [0.2, 0.25) is 5.16 Å². The SMILES string of the molecule is CCCc1nnc(SCc2ccc(Cl)cc2)n1/N=C/c1ccc(OCc2ccccc2Cl)cc1. The minimum absolute atomic E-state index is 0.419. The maximum absolute atomic E-state index is 6.20. The molecule has 1 aromatic heterocycles. The van der Waals surface area contributed by atoms with E-state index < -0.39 is 0 Å². The second kappa shape index (κ2) is 12.1. The van der Waals surface area contributed by atoms with Crippen LogP contribution in [0.4, 0.5) is 0 Å². The summed E-state index contributed by atoms with van der Waals surface area (Å²) >= 11 is 13.8. The zero-order valence-corrected chi connectivity index (χ0v) is 21.0. The molecule has 0 amide bonds. The second-order valence-electron chi connectivity index (χ2n) is 7.57. The first-order valence-corrected chi connectivity index (χ1v) is 12.7. The monoisotopic (exact) mass is 510 g/mol. The van der Waals surface area contributed by atoms with Crippen LogP contribution in [0, 0.1) is 0 Å². The van der Waals surface area contributed by atoms with Crippen molar-refractivity contribution in [2.24, 2.45) is 5.10 Å². The average Bonchev–Trinajstić information content (AvgIpc) is 3.24.